The molecule has 2 aliphatic rings. The molecule has 0 saturated carbocycles. The van der Waals surface area contributed by atoms with Gasteiger partial charge in [0.15, 0.2) is 5.82 Å². The van der Waals surface area contributed by atoms with E-state index in [0.717, 1.165) is 35.9 Å². The van der Waals surface area contributed by atoms with Crippen LogP contribution in [0.25, 0.3) is 16.6 Å². The highest BCUT2D eigenvalue weighted by Gasteiger charge is 2.39. The minimum Gasteiger partial charge on any atom is -0.363 e. The summed E-state index contributed by atoms with van der Waals surface area (Å²) in [4.78, 5) is 7.07. The van der Waals surface area contributed by atoms with E-state index in [2.05, 4.69) is 87.6 Å². The summed E-state index contributed by atoms with van der Waals surface area (Å²) < 4.78 is 2.08. The minimum atomic E-state index is 0.166. The standard InChI is InChI=1S/C26H28N6/c1-17-8-9-23-24(12-17)32(30-26(23)31-16-20-13-22(31)15-28-20)21-10-11-27-25(14-21)29-18(2)19-6-4-3-5-7-19/h3-12,14,18,20,22,28H,13,15-16H2,1-2H3,(H,27,29)/t18-,20?,22?/m1/s1. The molecule has 2 bridgehead atoms. The Bertz CT molecular complexity index is 1260. The number of benzene rings is 2. The van der Waals surface area contributed by atoms with Gasteiger partial charge in [-0.1, -0.05) is 36.4 Å². The molecule has 4 heterocycles. The molecule has 6 heteroatoms. The van der Waals surface area contributed by atoms with Crippen molar-refractivity contribution >= 4 is 22.5 Å². The predicted octanol–water partition coefficient (Wildman–Crippen LogP) is 4.45. The number of aryl methyl sites for hydroxylation is 1. The van der Waals surface area contributed by atoms with Gasteiger partial charge in [-0.15, -0.1) is 5.10 Å². The highest BCUT2D eigenvalue weighted by atomic mass is 15.4. The topological polar surface area (TPSA) is 58.0 Å². The molecular weight excluding hydrogens is 396 g/mol. The van der Waals surface area contributed by atoms with Crippen molar-refractivity contribution in [2.45, 2.75) is 38.4 Å². The van der Waals surface area contributed by atoms with Gasteiger partial charge in [-0.05, 0) is 49.6 Å². The maximum atomic E-state index is 5.14. The number of anilines is 2. The van der Waals surface area contributed by atoms with E-state index in [1.807, 2.05) is 18.3 Å². The first-order valence-corrected chi connectivity index (χ1v) is 11.4. The zero-order valence-corrected chi connectivity index (χ0v) is 18.5. The summed E-state index contributed by atoms with van der Waals surface area (Å²) in [6.45, 7) is 6.37. The molecule has 0 amide bonds. The Morgan fingerprint density at radius 2 is 1.97 bits per heavy atom. The summed E-state index contributed by atoms with van der Waals surface area (Å²) in [6.07, 6.45) is 3.07. The van der Waals surface area contributed by atoms with Gasteiger partial charge < -0.3 is 15.5 Å². The number of nitrogens with zero attached hydrogens (tertiary/aromatic N) is 4. The molecule has 2 saturated heterocycles. The fourth-order valence-electron chi connectivity index (χ4n) is 5.11. The third-order valence-corrected chi connectivity index (χ3v) is 6.80. The van der Waals surface area contributed by atoms with Gasteiger partial charge >= 0.3 is 0 Å². The Morgan fingerprint density at radius 1 is 1.09 bits per heavy atom. The van der Waals surface area contributed by atoms with E-state index in [9.17, 15) is 0 Å². The van der Waals surface area contributed by atoms with Crippen LogP contribution in [0.2, 0.25) is 0 Å². The number of piperazine rings is 1. The molecule has 4 aromatic rings. The number of fused-ring (bicyclic) bond motifs is 3. The number of hydrogen-bond donors (Lipinski definition) is 2. The van der Waals surface area contributed by atoms with E-state index in [-0.39, 0.29) is 6.04 Å². The molecule has 2 unspecified atom stereocenters. The largest absolute Gasteiger partial charge is 0.363 e. The Labute approximate surface area is 188 Å². The van der Waals surface area contributed by atoms with E-state index in [1.165, 1.54) is 22.9 Å². The first-order valence-electron chi connectivity index (χ1n) is 11.4. The van der Waals surface area contributed by atoms with Crippen LogP contribution in [-0.2, 0) is 0 Å². The van der Waals surface area contributed by atoms with Crippen LogP contribution < -0.4 is 15.5 Å². The lowest BCUT2D eigenvalue weighted by Gasteiger charge is -2.27. The molecule has 2 aromatic carbocycles. The van der Waals surface area contributed by atoms with E-state index in [4.69, 9.17) is 5.10 Å². The van der Waals surface area contributed by atoms with Crippen LogP contribution >= 0.6 is 0 Å². The van der Waals surface area contributed by atoms with Crippen LogP contribution in [-0.4, -0.2) is 39.9 Å². The van der Waals surface area contributed by atoms with Gasteiger partial charge in [-0.2, -0.15) is 0 Å². The van der Waals surface area contributed by atoms with Crippen molar-refractivity contribution in [2.24, 2.45) is 0 Å². The van der Waals surface area contributed by atoms with Crippen molar-refractivity contribution in [1.82, 2.24) is 20.1 Å². The zero-order valence-electron chi connectivity index (χ0n) is 18.5. The highest BCUT2D eigenvalue weighted by molar-refractivity contribution is 5.92. The normalized spacial score (nSPS) is 20.8. The summed E-state index contributed by atoms with van der Waals surface area (Å²) >= 11 is 0. The van der Waals surface area contributed by atoms with Crippen molar-refractivity contribution in [2.75, 3.05) is 23.3 Å². The SMILES string of the molecule is Cc1ccc2c(N3CC4CC3CN4)nn(-c3ccnc(N[C@H](C)c4ccccc4)c3)c2c1. The fraction of sp³-hybridized carbons (Fsp3) is 0.308. The van der Waals surface area contributed by atoms with Crippen LogP contribution in [0, 0.1) is 6.92 Å². The predicted molar refractivity (Wildman–Crippen MR) is 130 cm³/mol. The molecule has 2 N–H and O–H groups in total. The molecule has 2 fully saturated rings. The molecule has 162 valence electrons. The summed E-state index contributed by atoms with van der Waals surface area (Å²) in [5.41, 5.74) is 4.64. The summed E-state index contributed by atoms with van der Waals surface area (Å²) in [5.74, 6) is 1.94. The quantitative estimate of drug-likeness (QED) is 0.496. The van der Waals surface area contributed by atoms with Crippen LogP contribution in [0.5, 0.6) is 0 Å². The molecule has 0 aliphatic carbocycles. The maximum absolute atomic E-state index is 5.14. The first-order chi connectivity index (χ1) is 15.7. The Balaban J connectivity index is 1.38. The molecule has 6 rings (SSSR count). The van der Waals surface area contributed by atoms with Gasteiger partial charge in [0.25, 0.3) is 0 Å². The van der Waals surface area contributed by atoms with E-state index in [0.29, 0.717) is 12.1 Å². The molecule has 2 aliphatic heterocycles. The van der Waals surface area contributed by atoms with Crippen LogP contribution in [0.4, 0.5) is 11.6 Å². The smallest absolute Gasteiger partial charge is 0.159 e. The van der Waals surface area contributed by atoms with E-state index < -0.39 is 0 Å². The second-order valence-corrected chi connectivity index (χ2v) is 9.08. The number of hydrogen-bond acceptors (Lipinski definition) is 5. The average molecular weight is 425 g/mol. The van der Waals surface area contributed by atoms with Gasteiger partial charge in [0.1, 0.15) is 5.82 Å². The van der Waals surface area contributed by atoms with Gasteiger partial charge in [0.2, 0.25) is 0 Å². The van der Waals surface area contributed by atoms with Crippen molar-refractivity contribution in [1.29, 1.82) is 0 Å². The zero-order chi connectivity index (χ0) is 21.7. The number of pyridine rings is 1. The minimum absolute atomic E-state index is 0.166. The lowest BCUT2D eigenvalue weighted by Crippen LogP contribution is -2.43. The van der Waals surface area contributed by atoms with Crippen molar-refractivity contribution in [3.05, 3.63) is 78.0 Å². The highest BCUT2D eigenvalue weighted by Crippen LogP contribution is 2.35. The molecular formula is C26H28N6. The van der Waals surface area contributed by atoms with Gasteiger partial charge in [0, 0.05) is 48.9 Å². The lowest BCUT2D eigenvalue weighted by atomic mass is 10.1. The van der Waals surface area contributed by atoms with Gasteiger partial charge in [0.05, 0.1) is 11.2 Å². The van der Waals surface area contributed by atoms with Crippen LogP contribution in [0.3, 0.4) is 0 Å². The third kappa shape index (κ3) is 3.31. The molecule has 0 radical (unpaired) electrons. The monoisotopic (exact) mass is 424 g/mol. The van der Waals surface area contributed by atoms with Crippen LogP contribution in [0.1, 0.15) is 30.5 Å². The van der Waals surface area contributed by atoms with E-state index >= 15 is 0 Å². The summed E-state index contributed by atoms with van der Waals surface area (Å²) in [6, 6.07) is 22.5. The maximum Gasteiger partial charge on any atom is 0.159 e. The van der Waals surface area contributed by atoms with Crippen LogP contribution in [0.15, 0.2) is 66.9 Å². The molecule has 6 nitrogen and oxygen atoms in total. The van der Waals surface area contributed by atoms with E-state index in [1.54, 1.807) is 0 Å². The van der Waals surface area contributed by atoms with Gasteiger partial charge in [-0.25, -0.2) is 9.67 Å². The lowest BCUT2D eigenvalue weighted by molar-refractivity contribution is 0.575. The fourth-order valence-corrected chi connectivity index (χ4v) is 5.11. The Kier molecular flexibility index (Phi) is 4.61. The first kappa shape index (κ1) is 19.3. The molecule has 3 atom stereocenters. The molecule has 0 spiro atoms. The molecule has 2 aromatic heterocycles. The number of nitrogens with one attached hydrogen (secondary N) is 2. The Morgan fingerprint density at radius 3 is 2.75 bits per heavy atom. The Hall–Kier alpha value is -3.38. The van der Waals surface area contributed by atoms with Gasteiger partial charge in [-0.3, -0.25) is 0 Å². The van der Waals surface area contributed by atoms with Crippen molar-refractivity contribution in [3.63, 3.8) is 0 Å². The van der Waals surface area contributed by atoms with Crippen molar-refractivity contribution in [3.8, 4) is 5.69 Å². The third-order valence-electron chi connectivity index (χ3n) is 6.80. The number of aromatic nitrogens is 3. The number of rotatable bonds is 5. The average Bonchev–Trinajstić information content (AvgIpc) is 3.54. The second-order valence-electron chi connectivity index (χ2n) is 9.08. The summed E-state index contributed by atoms with van der Waals surface area (Å²) in [7, 11) is 0. The summed E-state index contributed by atoms with van der Waals surface area (Å²) in [5, 5.41) is 13.5. The molecule has 32 heavy (non-hydrogen) atoms. The van der Waals surface area contributed by atoms with Crippen molar-refractivity contribution < 1.29 is 0 Å². The second kappa shape index (κ2) is 7.64.